The highest BCUT2D eigenvalue weighted by Crippen LogP contribution is 2.58. The summed E-state index contributed by atoms with van der Waals surface area (Å²) in [5.41, 5.74) is 0.661. The van der Waals surface area contributed by atoms with Gasteiger partial charge >= 0.3 is 11.9 Å². The Labute approximate surface area is 136 Å². The van der Waals surface area contributed by atoms with E-state index in [1.807, 2.05) is 13.8 Å². The van der Waals surface area contributed by atoms with Crippen LogP contribution in [0.1, 0.15) is 46.5 Å². The van der Waals surface area contributed by atoms with E-state index < -0.39 is 17.0 Å². The number of rotatable bonds is 1. The third-order valence-corrected chi connectivity index (χ3v) is 5.88. The molecular weight excluding hydrogens is 296 g/mol. The molecule has 5 heteroatoms. The summed E-state index contributed by atoms with van der Waals surface area (Å²) in [4.78, 5) is 23.8. The Morgan fingerprint density at radius 3 is 2.83 bits per heavy atom. The van der Waals surface area contributed by atoms with Crippen molar-refractivity contribution in [3.63, 3.8) is 0 Å². The quantitative estimate of drug-likeness (QED) is 0.593. The van der Waals surface area contributed by atoms with Crippen LogP contribution in [0.15, 0.2) is 23.3 Å². The van der Waals surface area contributed by atoms with Crippen LogP contribution in [-0.2, 0) is 19.1 Å². The lowest BCUT2D eigenvalue weighted by Gasteiger charge is -2.55. The number of carbonyl (C=O) groups is 2. The number of allylic oxidation sites excluding steroid dienone is 1. The summed E-state index contributed by atoms with van der Waals surface area (Å²) in [6.07, 6.45) is 1.93. The molecule has 23 heavy (non-hydrogen) atoms. The number of hydrogen-bond donors (Lipinski definition) is 1. The Morgan fingerprint density at radius 1 is 1.48 bits per heavy atom. The monoisotopic (exact) mass is 320 g/mol. The van der Waals surface area contributed by atoms with Gasteiger partial charge in [0.05, 0.1) is 0 Å². The molecule has 0 aromatic carbocycles. The molecule has 1 heterocycles. The molecule has 2 saturated carbocycles. The molecule has 0 aromatic rings. The maximum absolute atomic E-state index is 12.3. The third kappa shape index (κ3) is 2.33. The number of hydrogen-bond acceptors (Lipinski definition) is 5. The third-order valence-electron chi connectivity index (χ3n) is 5.88. The van der Waals surface area contributed by atoms with Crippen molar-refractivity contribution < 1.29 is 24.2 Å². The fraction of sp³-hybridized carbons (Fsp3) is 0.667. The van der Waals surface area contributed by atoms with E-state index in [4.69, 9.17) is 9.47 Å². The van der Waals surface area contributed by atoms with Crippen LogP contribution in [0.5, 0.6) is 0 Å². The van der Waals surface area contributed by atoms with E-state index in [1.54, 1.807) is 0 Å². The average Bonchev–Trinajstić information content (AvgIpc) is 2.45. The molecule has 0 bridgehead atoms. The van der Waals surface area contributed by atoms with E-state index in [-0.39, 0.29) is 31.0 Å². The number of fused-ring (bicyclic) bond motifs is 2. The highest BCUT2D eigenvalue weighted by Gasteiger charge is 2.60. The van der Waals surface area contributed by atoms with Gasteiger partial charge in [0.1, 0.15) is 12.7 Å². The number of ether oxygens (including phenoxy) is 2. The summed E-state index contributed by atoms with van der Waals surface area (Å²) in [5.74, 6) is -0.828. The van der Waals surface area contributed by atoms with Crippen molar-refractivity contribution in [1.82, 2.24) is 0 Å². The molecule has 1 N–H and O–H groups in total. The minimum Gasteiger partial charge on any atom is -0.462 e. The second kappa shape index (κ2) is 5.20. The predicted molar refractivity (Wildman–Crippen MR) is 83.4 cm³/mol. The number of aliphatic hydroxyl groups is 1. The Hall–Kier alpha value is -1.62. The van der Waals surface area contributed by atoms with Crippen molar-refractivity contribution >= 4 is 11.9 Å². The van der Waals surface area contributed by atoms with Crippen LogP contribution in [0.25, 0.3) is 0 Å². The van der Waals surface area contributed by atoms with Crippen LogP contribution >= 0.6 is 0 Å². The van der Waals surface area contributed by atoms with Gasteiger partial charge in [-0.05, 0) is 43.3 Å². The molecule has 0 amide bonds. The van der Waals surface area contributed by atoms with Crippen LogP contribution in [0.2, 0.25) is 0 Å². The summed E-state index contributed by atoms with van der Waals surface area (Å²) < 4.78 is 10.7. The van der Waals surface area contributed by atoms with E-state index in [2.05, 4.69) is 6.58 Å². The number of carbonyl (C=O) groups excluding carboxylic acids is 2. The largest absolute Gasteiger partial charge is 0.462 e. The van der Waals surface area contributed by atoms with Gasteiger partial charge in [-0.25, -0.2) is 4.79 Å². The van der Waals surface area contributed by atoms with E-state index in [0.29, 0.717) is 12.8 Å². The lowest BCUT2D eigenvalue weighted by atomic mass is 9.52. The summed E-state index contributed by atoms with van der Waals surface area (Å²) in [5, 5.41) is 11.1. The maximum atomic E-state index is 12.3. The molecule has 0 aromatic heterocycles. The molecular formula is C18H24O5. The first-order valence-electron chi connectivity index (χ1n) is 8.12. The number of esters is 2. The van der Waals surface area contributed by atoms with Crippen LogP contribution in [-0.4, -0.2) is 35.4 Å². The molecule has 2 aliphatic carbocycles. The highest BCUT2D eigenvalue weighted by molar-refractivity contribution is 5.85. The Kier molecular flexibility index (Phi) is 3.67. The zero-order valence-electron chi connectivity index (χ0n) is 14.0. The summed E-state index contributed by atoms with van der Waals surface area (Å²) in [6, 6.07) is 0. The molecule has 1 aliphatic heterocycles. The molecule has 2 fully saturated rings. The highest BCUT2D eigenvalue weighted by atomic mass is 16.6. The molecule has 0 saturated heterocycles. The van der Waals surface area contributed by atoms with Crippen LogP contribution in [0.3, 0.4) is 0 Å². The van der Waals surface area contributed by atoms with Gasteiger partial charge in [-0.3, -0.25) is 4.79 Å². The average molecular weight is 320 g/mol. The molecule has 0 unspecified atom stereocenters. The second-order valence-corrected chi connectivity index (χ2v) is 7.43. The lowest BCUT2D eigenvalue weighted by Crippen LogP contribution is -2.59. The standard InChI is InChI=1S/C18H24O5/c1-10-5-6-15(23-12(3)19)17(4)9-18(21)14(7-13(10)17)11(2)8-22-16(18)20/h13,15,21H,1,5-9H2,2-4H3/t13-,15+,17+,18+/m0/s1. The van der Waals surface area contributed by atoms with Gasteiger partial charge in [-0.2, -0.15) is 0 Å². The Bertz CT molecular complexity index is 619. The first-order valence-corrected chi connectivity index (χ1v) is 8.12. The summed E-state index contributed by atoms with van der Waals surface area (Å²) >= 11 is 0. The fourth-order valence-electron chi connectivity index (χ4n) is 4.65. The first kappa shape index (κ1) is 16.2. The predicted octanol–water partition coefficient (Wildman–Crippen LogP) is 2.29. The zero-order valence-corrected chi connectivity index (χ0v) is 14.0. The topological polar surface area (TPSA) is 72.8 Å². The SMILES string of the molecule is C=C1CC[C@@H](OC(C)=O)[C@]2(C)C[C@]3(O)C(=O)OCC(C)=C3C[C@@H]12. The Morgan fingerprint density at radius 2 is 2.17 bits per heavy atom. The van der Waals surface area contributed by atoms with E-state index in [1.165, 1.54) is 6.92 Å². The Balaban J connectivity index is 2.05. The molecule has 0 radical (unpaired) electrons. The van der Waals surface area contributed by atoms with Crippen molar-refractivity contribution in [2.45, 2.75) is 58.2 Å². The molecule has 0 spiro atoms. The van der Waals surface area contributed by atoms with Crippen LogP contribution < -0.4 is 0 Å². The summed E-state index contributed by atoms with van der Waals surface area (Å²) in [6.45, 7) is 9.71. The van der Waals surface area contributed by atoms with Gasteiger partial charge in [0, 0.05) is 18.8 Å². The molecule has 3 aliphatic rings. The zero-order chi connectivity index (χ0) is 17.0. The second-order valence-electron chi connectivity index (χ2n) is 7.43. The molecule has 126 valence electrons. The molecule has 4 atom stereocenters. The van der Waals surface area contributed by atoms with Crippen molar-refractivity contribution in [3.05, 3.63) is 23.3 Å². The maximum Gasteiger partial charge on any atom is 0.342 e. The lowest BCUT2D eigenvalue weighted by molar-refractivity contribution is -0.182. The summed E-state index contributed by atoms with van der Waals surface area (Å²) in [7, 11) is 0. The van der Waals surface area contributed by atoms with Gasteiger partial charge < -0.3 is 14.6 Å². The van der Waals surface area contributed by atoms with Gasteiger partial charge in [0.25, 0.3) is 0 Å². The molecule has 3 rings (SSSR count). The van der Waals surface area contributed by atoms with Gasteiger partial charge in [0.2, 0.25) is 0 Å². The van der Waals surface area contributed by atoms with Crippen molar-refractivity contribution in [1.29, 1.82) is 0 Å². The van der Waals surface area contributed by atoms with Crippen LogP contribution in [0, 0.1) is 11.3 Å². The van der Waals surface area contributed by atoms with Crippen molar-refractivity contribution in [2.24, 2.45) is 11.3 Å². The minimum absolute atomic E-state index is 0.0942. The first-order chi connectivity index (χ1) is 10.7. The van der Waals surface area contributed by atoms with E-state index >= 15 is 0 Å². The van der Waals surface area contributed by atoms with Crippen molar-refractivity contribution in [2.75, 3.05) is 6.61 Å². The smallest absolute Gasteiger partial charge is 0.342 e. The van der Waals surface area contributed by atoms with Crippen molar-refractivity contribution in [3.8, 4) is 0 Å². The van der Waals surface area contributed by atoms with Crippen LogP contribution in [0.4, 0.5) is 0 Å². The normalized spacial score (nSPS) is 40.2. The number of cyclic esters (lactones) is 1. The fourth-order valence-corrected chi connectivity index (χ4v) is 4.65. The van der Waals surface area contributed by atoms with Gasteiger partial charge in [-0.1, -0.05) is 19.1 Å². The van der Waals surface area contributed by atoms with E-state index in [9.17, 15) is 14.7 Å². The van der Waals surface area contributed by atoms with Gasteiger partial charge in [-0.15, -0.1) is 0 Å². The minimum atomic E-state index is -1.61. The van der Waals surface area contributed by atoms with E-state index in [0.717, 1.165) is 23.1 Å². The van der Waals surface area contributed by atoms with Gasteiger partial charge in [0.15, 0.2) is 5.60 Å². The molecule has 5 nitrogen and oxygen atoms in total.